The van der Waals surface area contributed by atoms with E-state index in [9.17, 15) is 9.90 Å². The van der Waals surface area contributed by atoms with Crippen LogP contribution in [0.15, 0.2) is 11.5 Å². The van der Waals surface area contributed by atoms with E-state index in [1.54, 1.807) is 17.4 Å². The molecule has 1 aromatic heterocycles. The molecule has 0 aliphatic carbocycles. The average molecular weight is 282 g/mol. The minimum atomic E-state index is -0.834. The Hall–Kier alpha value is -1.24. The molecule has 6 heteroatoms. The summed E-state index contributed by atoms with van der Waals surface area (Å²) in [6.07, 6.45) is 4.23. The molecule has 0 spiro atoms. The standard InChI is InChI=1S/C13H18N2O3S/c1-10-15-11(8-19-10)2-3-12(16)14-9-13(17)4-6-18-7-5-13/h2-3,8,17H,4-7,9H2,1H3,(H,14,16)/b3-2+. The third-order valence-corrected chi connectivity index (χ3v) is 3.85. The summed E-state index contributed by atoms with van der Waals surface area (Å²) in [5.41, 5.74) is -0.0543. The first-order valence-electron chi connectivity index (χ1n) is 6.26. The third-order valence-electron chi connectivity index (χ3n) is 3.06. The Morgan fingerprint density at radius 2 is 2.37 bits per heavy atom. The number of ether oxygens (including phenoxy) is 1. The number of carbonyl (C=O) groups is 1. The van der Waals surface area contributed by atoms with Crippen molar-refractivity contribution in [1.82, 2.24) is 10.3 Å². The van der Waals surface area contributed by atoms with Gasteiger partial charge < -0.3 is 15.2 Å². The number of hydrogen-bond donors (Lipinski definition) is 2. The van der Waals surface area contributed by atoms with Gasteiger partial charge in [0.05, 0.1) is 16.3 Å². The highest BCUT2D eigenvalue weighted by molar-refractivity contribution is 7.09. The van der Waals surface area contributed by atoms with Gasteiger partial charge in [-0.1, -0.05) is 0 Å². The van der Waals surface area contributed by atoms with Crippen LogP contribution in [0.25, 0.3) is 6.08 Å². The van der Waals surface area contributed by atoms with Crippen molar-refractivity contribution in [2.24, 2.45) is 0 Å². The molecule has 1 fully saturated rings. The number of aryl methyl sites for hydroxylation is 1. The summed E-state index contributed by atoms with van der Waals surface area (Å²) >= 11 is 1.54. The van der Waals surface area contributed by atoms with Crippen molar-refractivity contribution < 1.29 is 14.6 Å². The van der Waals surface area contributed by atoms with Crippen molar-refractivity contribution in [3.63, 3.8) is 0 Å². The minimum absolute atomic E-state index is 0.217. The second kappa shape index (κ2) is 6.27. The van der Waals surface area contributed by atoms with E-state index < -0.39 is 5.60 Å². The molecule has 0 saturated carbocycles. The highest BCUT2D eigenvalue weighted by Gasteiger charge is 2.29. The largest absolute Gasteiger partial charge is 0.388 e. The molecular formula is C13H18N2O3S. The van der Waals surface area contributed by atoms with Crippen LogP contribution in [0.5, 0.6) is 0 Å². The smallest absolute Gasteiger partial charge is 0.244 e. The Morgan fingerprint density at radius 1 is 1.63 bits per heavy atom. The lowest BCUT2D eigenvalue weighted by Gasteiger charge is -2.31. The number of aromatic nitrogens is 1. The molecule has 0 atom stereocenters. The van der Waals surface area contributed by atoms with E-state index in [0.29, 0.717) is 26.1 Å². The molecule has 104 valence electrons. The predicted octanol–water partition coefficient (Wildman–Crippen LogP) is 1.12. The van der Waals surface area contributed by atoms with Crippen LogP contribution in [0.1, 0.15) is 23.5 Å². The summed E-state index contributed by atoms with van der Waals surface area (Å²) in [5, 5.41) is 15.8. The molecule has 1 aromatic rings. The lowest BCUT2D eigenvalue weighted by atomic mass is 9.94. The molecule has 1 aliphatic rings. The SMILES string of the molecule is Cc1nc(/C=C/C(=O)NCC2(O)CCOCC2)cs1. The quantitative estimate of drug-likeness (QED) is 0.812. The fourth-order valence-corrected chi connectivity index (χ4v) is 2.44. The van der Waals surface area contributed by atoms with Gasteiger partial charge in [0.15, 0.2) is 0 Å². The summed E-state index contributed by atoms with van der Waals surface area (Å²) in [6.45, 7) is 3.26. The number of rotatable bonds is 4. The monoisotopic (exact) mass is 282 g/mol. The van der Waals surface area contributed by atoms with E-state index in [1.807, 2.05) is 12.3 Å². The maximum Gasteiger partial charge on any atom is 0.244 e. The number of hydrogen-bond acceptors (Lipinski definition) is 5. The van der Waals surface area contributed by atoms with Gasteiger partial charge in [-0.05, 0) is 13.0 Å². The van der Waals surface area contributed by atoms with Gasteiger partial charge >= 0.3 is 0 Å². The first-order chi connectivity index (χ1) is 9.07. The molecule has 1 amide bonds. The molecule has 1 saturated heterocycles. The Morgan fingerprint density at radius 3 is 3.00 bits per heavy atom. The third kappa shape index (κ3) is 4.41. The van der Waals surface area contributed by atoms with Gasteiger partial charge in [-0.15, -0.1) is 11.3 Å². The average Bonchev–Trinajstić information content (AvgIpc) is 2.81. The van der Waals surface area contributed by atoms with Crippen molar-refractivity contribution in [1.29, 1.82) is 0 Å². The first kappa shape index (κ1) is 14.2. The minimum Gasteiger partial charge on any atom is -0.388 e. The van der Waals surface area contributed by atoms with Crippen molar-refractivity contribution in [3.05, 3.63) is 22.2 Å². The van der Waals surface area contributed by atoms with Crippen LogP contribution >= 0.6 is 11.3 Å². The molecule has 0 radical (unpaired) electrons. The summed E-state index contributed by atoms with van der Waals surface area (Å²) in [6, 6.07) is 0. The zero-order chi connectivity index (χ0) is 13.7. The van der Waals surface area contributed by atoms with Crippen molar-refractivity contribution in [2.75, 3.05) is 19.8 Å². The summed E-state index contributed by atoms with van der Waals surface area (Å²) in [7, 11) is 0. The van der Waals surface area contributed by atoms with Crippen LogP contribution in [0.3, 0.4) is 0 Å². The van der Waals surface area contributed by atoms with E-state index >= 15 is 0 Å². The highest BCUT2D eigenvalue weighted by atomic mass is 32.1. The fourth-order valence-electron chi connectivity index (χ4n) is 1.86. The van der Waals surface area contributed by atoms with Gasteiger partial charge in [-0.25, -0.2) is 4.98 Å². The molecule has 1 aliphatic heterocycles. The van der Waals surface area contributed by atoms with E-state index in [1.165, 1.54) is 6.08 Å². The normalized spacial score (nSPS) is 18.6. The lowest BCUT2D eigenvalue weighted by molar-refractivity contribution is -0.119. The second-order valence-corrected chi connectivity index (χ2v) is 5.74. The number of carbonyl (C=O) groups excluding carboxylic acids is 1. The molecule has 0 aromatic carbocycles. The Labute approximate surface area is 116 Å². The fraction of sp³-hybridized carbons (Fsp3) is 0.538. The molecular weight excluding hydrogens is 264 g/mol. The number of nitrogens with zero attached hydrogens (tertiary/aromatic N) is 1. The number of aliphatic hydroxyl groups is 1. The Bertz CT molecular complexity index is 464. The maximum absolute atomic E-state index is 11.6. The number of nitrogens with one attached hydrogen (secondary N) is 1. The number of thiazole rings is 1. The van der Waals surface area contributed by atoms with Crippen LogP contribution in [-0.2, 0) is 9.53 Å². The predicted molar refractivity (Wildman–Crippen MR) is 73.9 cm³/mol. The van der Waals surface area contributed by atoms with E-state index in [0.717, 1.165) is 10.7 Å². The van der Waals surface area contributed by atoms with Gasteiger partial charge in [-0.3, -0.25) is 4.79 Å². The van der Waals surface area contributed by atoms with Crippen LogP contribution in [0.2, 0.25) is 0 Å². The zero-order valence-corrected chi connectivity index (χ0v) is 11.7. The van der Waals surface area contributed by atoms with Gasteiger partial charge in [0.1, 0.15) is 0 Å². The first-order valence-corrected chi connectivity index (χ1v) is 7.14. The Balaban J connectivity index is 1.79. The highest BCUT2D eigenvalue weighted by Crippen LogP contribution is 2.19. The van der Waals surface area contributed by atoms with Gasteiger partial charge in [0.25, 0.3) is 0 Å². The summed E-state index contributed by atoms with van der Waals surface area (Å²) in [5.74, 6) is -0.217. The second-order valence-electron chi connectivity index (χ2n) is 4.68. The van der Waals surface area contributed by atoms with Crippen LogP contribution in [0, 0.1) is 6.92 Å². The number of amides is 1. The Kier molecular flexibility index (Phi) is 4.68. The van der Waals surface area contributed by atoms with Crippen LogP contribution < -0.4 is 5.32 Å². The maximum atomic E-state index is 11.6. The molecule has 0 bridgehead atoms. The van der Waals surface area contributed by atoms with E-state index in [2.05, 4.69) is 10.3 Å². The van der Waals surface area contributed by atoms with Crippen molar-refractivity contribution >= 4 is 23.3 Å². The lowest BCUT2D eigenvalue weighted by Crippen LogP contribution is -2.46. The van der Waals surface area contributed by atoms with E-state index in [4.69, 9.17) is 4.74 Å². The molecule has 5 nitrogen and oxygen atoms in total. The molecule has 2 rings (SSSR count). The molecule has 2 N–H and O–H groups in total. The van der Waals surface area contributed by atoms with Gasteiger partial charge in [-0.2, -0.15) is 0 Å². The zero-order valence-electron chi connectivity index (χ0n) is 10.9. The van der Waals surface area contributed by atoms with Crippen molar-refractivity contribution in [3.8, 4) is 0 Å². The van der Waals surface area contributed by atoms with Crippen molar-refractivity contribution in [2.45, 2.75) is 25.4 Å². The molecule has 0 unspecified atom stereocenters. The molecule has 2 heterocycles. The van der Waals surface area contributed by atoms with E-state index in [-0.39, 0.29) is 12.5 Å². The molecule has 19 heavy (non-hydrogen) atoms. The van der Waals surface area contributed by atoms with Crippen LogP contribution in [-0.4, -0.2) is 41.4 Å². The van der Waals surface area contributed by atoms with Gasteiger partial charge in [0, 0.05) is 44.1 Å². The topological polar surface area (TPSA) is 71.5 Å². The van der Waals surface area contributed by atoms with Gasteiger partial charge in [0.2, 0.25) is 5.91 Å². The summed E-state index contributed by atoms with van der Waals surface area (Å²) < 4.78 is 5.19. The summed E-state index contributed by atoms with van der Waals surface area (Å²) in [4.78, 5) is 15.9. The van der Waals surface area contributed by atoms with Crippen LogP contribution in [0.4, 0.5) is 0 Å².